The van der Waals surface area contributed by atoms with Crippen LogP contribution < -0.4 is 0 Å². The summed E-state index contributed by atoms with van der Waals surface area (Å²) < 4.78 is 22.3. The van der Waals surface area contributed by atoms with E-state index in [4.69, 9.17) is 6.57 Å². The molecule has 1 heterocycles. The minimum absolute atomic E-state index is 0.0586. The van der Waals surface area contributed by atoms with Crippen LogP contribution >= 0.6 is 0 Å². The fourth-order valence-electron chi connectivity index (χ4n) is 2.61. The Morgan fingerprint density at radius 2 is 1.64 bits per heavy atom. The fraction of sp³-hybridized carbons (Fsp3) is 0.900. The highest BCUT2D eigenvalue weighted by molar-refractivity contribution is 7.92. The summed E-state index contributed by atoms with van der Waals surface area (Å²) >= 11 is 0. The van der Waals surface area contributed by atoms with Crippen LogP contribution in [0, 0.1) is 12.0 Å². The number of hydrogen-bond donors (Lipinski definition) is 0. The molecule has 0 bridgehead atoms. The normalized spacial score (nSPS) is 31.7. The van der Waals surface area contributed by atoms with Crippen LogP contribution in [0.5, 0.6) is 0 Å². The van der Waals surface area contributed by atoms with Gasteiger partial charge in [-0.2, -0.15) is 0 Å². The predicted molar refractivity (Wildman–Crippen MR) is 54.6 cm³/mol. The fourth-order valence-corrected chi connectivity index (χ4v) is 4.97. The highest BCUT2D eigenvalue weighted by Crippen LogP contribution is 2.49. The summed E-state index contributed by atoms with van der Waals surface area (Å²) in [6, 6.07) is 0. The predicted octanol–water partition coefficient (Wildman–Crippen LogP) is 1.65. The molecule has 0 aromatic rings. The van der Waals surface area contributed by atoms with Crippen LogP contribution in [0.3, 0.4) is 0 Å². The van der Waals surface area contributed by atoms with Gasteiger partial charge in [0, 0.05) is 19.8 Å². The Kier molecular flexibility index (Phi) is 1.94. The first-order valence-electron chi connectivity index (χ1n) is 4.98. The summed E-state index contributed by atoms with van der Waals surface area (Å²) in [7, 11) is -2.71. The van der Waals surface area contributed by atoms with Gasteiger partial charge in [-0.15, -0.1) is 0 Å². The SMILES string of the molecule is [C-]#[N+]C1(C)CCC2(CC1)CS(=O)(=O)C2. The van der Waals surface area contributed by atoms with Gasteiger partial charge in [-0.25, -0.2) is 15.0 Å². The zero-order valence-electron chi connectivity index (χ0n) is 8.41. The molecule has 1 aliphatic carbocycles. The lowest BCUT2D eigenvalue weighted by atomic mass is 9.70. The Bertz CT molecular complexity index is 369. The molecule has 2 rings (SSSR count). The maximum absolute atomic E-state index is 11.1. The molecule has 1 spiro atoms. The Labute approximate surface area is 85.2 Å². The molecule has 0 atom stereocenters. The molecule has 1 saturated carbocycles. The molecule has 1 aliphatic heterocycles. The molecule has 0 amide bonds. The van der Waals surface area contributed by atoms with Gasteiger partial charge < -0.3 is 4.85 Å². The summed E-state index contributed by atoms with van der Waals surface area (Å²) in [4.78, 5) is 3.64. The van der Waals surface area contributed by atoms with Crippen molar-refractivity contribution in [2.75, 3.05) is 11.5 Å². The third-order valence-electron chi connectivity index (χ3n) is 3.71. The lowest BCUT2D eigenvalue weighted by molar-refractivity contribution is 0.185. The largest absolute Gasteiger partial charge is 0.311 e. The van der Waals surface area contributed by atoms with E-state index in [9.17, 15) is 8.42 Å². The van der Waals surface area contributed by atoms with E-state index >= 15 is 0 Å². The summed E-state index contributed by atoms with van der Waals surface area (Å²) in [6.07, 6.45) is 3.58. The third-order valence-corrected chi connectivity index (χ3v) is 5.81. The zero-order chi connectivity index (χ0) is 10.4. The molecule has 14 heavy (non-hydrogen) atoms. The molecule has 0 radical (unpaired) electrons. The van der Waals surface area contributed by atoms with Crippen LogP contribution in [-0.4, -0.2) is 25.5 Å². The molecular formula is C10H15NO2S. The van der Waals surface area contributed by atoms with E-state index in [0.29, 0.717) is 11.5 Å². The van der Waals surface area contributed by atoms with E-state index in [2.05, 4.69) is 4.85 Å². The van der Waals surface area contributed by atoms with Crippen LogP contribution in [0.4, 0.5) is 0 Å². The molecular weight excluding hydrogens is 198 g/mol. The van der Waals surface area contributed by atoms with Crippen LogP contribution in [0.2, 0.25) is 0 Å². The van der Waals surface area contributed by atoms with Crippen molar-refractivity contribution in [3.05, 3.63) is 11.4 Å². The summed E-state index contributed by atoms with van der Waals surface area (Å²) in [5.74, 6) is 0.738. The van der Waals surface area contributed by atoms with Gasteiger partial charge in [-0.3, -0.25) is 0 Å². The molecule has 0 N–H and O–H groups in total. The molecule has 0 unspecified atom stereocenters. The van der Waals surface area contributed by atoms with Crippen molar-refractivity contribution >= 4 is 9.84 Å². The smallest absolute Gasteiger partial charge is 0.230 e. The first kappa shape index (κ1) is 9.97. The Hall–Kier alpha value is -0.560. The van der Waals surface area contributed by atoms with Crippen LogP contribution in [0.25, 0.3) is 4.85 Å². The zero-order valence-corrected chi connectivity index (χ0v) is 9.23. The molecule has 0 aromatic carbocycles. The van der Waals surface area contributed by atoms with Crippen molar-refractivity contribution in [2.24, 2.45) is 5.41 Å². The molecule has 2 aliphatic rings. The van der Waals surface area contributed by atoms with E-state index in [1.54, 1.807) is 0 Å². The summed E-state index contributed by atoms with van der Waals surface area (Å²) in [6.45, 7) is 9.07. The van der Waals surface area contributed by atoms with Crippen LogP contribution in [0.15, 0.2) is 0 Å². The lowest BCUT2D eigenvalue weighted by Crippen LogP contribution is -2.52. The van der Waals surface area contributed by atoms with Gasteiger partial charge in [-0.05, 0) is 18.3 Å². The molecule has 78 valence electrons. The van der Waals surface area contributed by atoms with Crippen molar-refractivity contribution in [1.82, 2.24) is 0 Å². The maximum atomic E-state index is 11.1. The molecule has 4 heteroatoms. The molecule has 3 nitrogen and oxygen atoms in total. The lowest BCUT2D eigenvalue weighted by Gasteiger charge is -2.45. The van der Waals surface area contributed by atoms with Crippen molar-refractivity contribution in [3.8, 4) is 0 Å². The van der Waals surface area contributed by atoms with E-state index in [1.165, 1.54) is 0 Å². The van der Waals surface area contributed by atoms with Gasteiger partial charge in [0.2, 0.25) is 5.54 Å². The van der Waals surface area contributed by atoms with Crippen molar-refractivity contribution < 1.29 is 8.42 Å². The molecule has 2 fully saturated rings. The monoisotopic (exact) mass is 213 g/mol. The summed E-state index contributed by atoms with van der Waals surface area (Å²) in [5.41, 5.74) is -0.159. The van der Waals surface area contributed by atoms with Crippen molar-refractivity contribution in [2.45, 2.75) is 38.1 Å². The first-order valence-corrected chi connectivity index (χ1v) is 6.80. The van der Waals surface area contributed by atoms with Gasteiger partial charge in [0.05, 0.1) is 11.5 Å². The second kappa shape index (κ2) is 2.73. The minimum atomic E-state index is -2.71. The van der Waals surface area contributed by atoms with Gasteiger partial charge in [0.1, 0.15) is 0 Å². The first-order chi connectivity index (χ1) is 6.39. The van der Waals surface area contributed by atoms with Gasteiger partial charge in [-0.1, -0.05) is 0 Å². The van der Waals surface area contributed by atoms with Gasteiger partial charge >= 0.3 is 0 Å². The van der Waals surface area contributed by atoms with E-state index in [0.717, 1.165) is 25.7 Å². The minimum Gasteiger partial charge on any atom is -0.311 e. The van der Waals surface area contributed by atoms with Gasteiger partial charge in [0.15, 0.2) is 9.84 Å². The third kappa shape index (κ3) is 1.54. The second-order valence-electron chi connectivity index (χ2n) is 5.14. The van der Waals surface area contributed by atoms with Crippen LogP contribution in [0.1, 0.15) is 32.6 Å². The quantitative estimate of drug-likeness (QED) is 0.574. The Morgan fingerprint density at radius 1 is 1.14 bits per heavy atom. The number of hydrogen-bond acceptors (Lipinski definition) is 2. The highest BCUT2D eigenvalue weighted by atomic mass is 32.2. The average Bonchev–Trinajstić information content (AvgIpc) is 2.08. The highest BCUT2D eigenvalue weighted by Gasteiger charge is 2.53. The van der Waals surface area contributed by atoms with Crippen LogP contribution in [-0.2, 0) is 9.84 Å². The van der Waals surface area contributed by atoms with Crippen molar-refractivity contribution in [1.29, 1.82) is 0 Å². The average molecular weight is 213 g/mol. The van der Waals surface area contributed by atoms with Gasteiger partial charge in [0.25, 0.3) is 0 Å². The van der Waals surface area contributed by atoms with E-state index in [-0.39, 0.29) is 11.0 Å². The number of sulfone groups is 1. The topological polar surface area (TPSA) is 38.5 Å². The molecule has 1 saturated heterocycles. The van der Waals surface area contributed by atoms with E-state index in [1.807, 2.05) is 6.92 Å². The maximum Gasteiger partial charge on any atom is 0.230 e. The Balaban J connectivity index is 2.02. The molecule has 0 aromatic heterocycles. The standard InChI is InChI=1S/C10H15NO2S/c1-9(11-2)3-5-10(6-4-9)7-14(12,13)8-10/h3-8H2,1H3. The number of rotatable bonds is 0. The van der Waals surface area contributed by atoms with Crippen molar-refractivity contribution in [3.63, 3.8) is 0 Å². The van der Waals surface area contributed by atoms with E-state index < -0.39 is 9.84 Å². The Morgan fingerprint density at radius 3 is 2.00 bits per heavy atom. The number of nitrogens with zero attached hydrogens (tertiary/aromatic N) is 1. The summed E-state index contributed by atoms with van der Waals surface area (Å²) in [5, 5.41) is 0. The second-order valence-corrected chi connectivity index (χ2v) is 7.21.